The molecule has 1 heterocycles. The van der Waals surface area contributed by atoms with Crippen LogP contribution in [0.3, 0.4) is 0 Å². The van der Waals surface area contributed by atoms with Crippen LogP contribution in [0.4, 0.5) is 5.13 Å². The molecule has 0 fully saturated rings. The molecule has 86 valence electrons. The Balaban J connectivity index is 2.72. The number of rotatable bonds is 6. The molecule has 1 aromatic rings. The number of hydrogen-bond acceptors (Lipinski definition) is 4. The van der Waals surface area contributed by atoms with Crippen LogP contribution in [0.1, 0.15) is 44.5 Å². The van der Waals surface area contributed by atoms with Gasteiger partial charge in [-0.1, -0.05) is 13.8 Å². The van der Waals surface area contributed by atoms with Crippen molar-refractivity contribution in [2.75, 3.05) is 18.0 Å². The zero-order valence-corrected chi connectivity index (χ0v) is 10.7. The average molecular weight is 227 g/mol. The highest BCUT2D eigenvalue weighted by atomic mass is 32.1. The van der Waals surface area contributed by atoms with Gasteiger partial charge in [0.2, 0.25) is 0 Å². The first-order valence-corrected chi connectivity index (χ1v) is 6.46. The smallest absolute Gasteiger partial charge is 0.185 e. The molecule has 0 aliphatic carbocycles. The van der Waals surface area contributed by atoms with Crippen LogP contribution in [0.5, 0.6) is 0 Å². The van der Waals surface area contributed by atoms with E-state index in [-0.39, 0.29) is 6.04 Å². The summed E-state index contributed by atoms with van der Waals surface area (Å²) in [7, 11) is 0. The minimum Gasteiger partial charge on any atom is -0.348 e. The van der Waals surface area contributed by atoms with Crippen LogP contribution in [0.2, 0.25) is 0 Å². The van der Waals surface area contributed by atoms with Crippen molar-refractivity contribution < 1.29 is 0 Å². The molecule has 2 N–H and O–H groups in total. The maximum absolute atomic E-state index is 5.83. The predicted octanol–water partition coefficient (Wildman–Crippen LogP) is 2.79. The maximum atomic E-state index is 5.83. The lowest BCUT2D eigenvalue weighted by atomic mass is 10.3. The first kappa shape index (κ1) is 12.5. The lowest BCUT2D eigenvalue weighted by Gasteiger charge is -2.19. The van der Waals surface area contributed by atoms with Gasteiger partial charge >= 0.3 is 0 Å². The molecule has 0 bridgehead atoms. The molecule has 1 unspecified atom stereocenters. The van der Waals surface area contributed by atoms with E-state index < -0.39 is 0 Å². The molecule has 1 aromatic heterocycles. The molecule has 3 nitrogen and oxygen atoms in total. The quantitative estimate of drug-likeness (QED) is 0.812. The second kappa shape index (κ2) is 6.08. The minimum absolute atomic E-state index is 0.0985. The van der Waals surface area contributed by atoms with E-state index in [0.29, 0.717) is 0 Å². The molecule has 4 heteroatoms. The summed E-state index contributed by atoms with van der Waals surface area (Å²) < 4.78 is 0. The van der Waals surface area contributed by atoms with E-state index in [1.807, 2.05) is 13.1 Å². The van der Waals surface area contributed by atoms with Gasteiger partial charge in [0.15, 0.2) is 5.13 Å². The summed E-state index contributed by atoms with van der Waals surface area (Å²) in [5.41, 5.74) is 5.83. The second-order valence-corrected chi connectivity index (χ2v) is 4.86. The standard InChI is InChI=1S/C11H21N3S/c1-4-6-14(7-5-2)11-13-8-10(15-11)9(3)12/h8-9H,4-7,12H2,1-3H3. The third kappa shape index (κ3) is 3.47. The molecule has 0 saturated carbocycles. The third-order valence-electron chi connectivity index (χ3n) is 2.22. The third-order valence-corrected chi connectivity index (χ3v) is 3.48. The van der Waals surface area contributed by atoms with Gasteiger partial charge in [-0.25, -0.2) is 4.98 Å². The van der Waals surface area contributed by atoms with Gasteiger partial charge in [0, 0.05) is 30.2 Å². The van der Waals surface area contributed by atoms with Gasteiger partial charge in [0.05, 0.1) is 0 Å². The lowest BCUT2D eigenvalue weighted by molar-refractivity contribution is 0.742. The van der Waals surface area contributed by atoms with E-state index in [1.54, 1.807) is 11.3 Å². The Morgan fingerprint density at radius 1 is 1.40 bits per heavy atom. The van der Waals surface area contributed by atoms with E-state index in [1.165, 1.54) is 4.88 Å². The van der Waals surface area contributed by atoms with Gasteiger partial charge in [-0.15, -0.1) is 11.3 Å². The molecular formula is C11H21N3S. The largest absolute Gasteiger partial charge is 0.348 e. The van der Waals surface area contributed by atoms with E-state index >= 15 is 0 Å². The summed E-state index contributed by atoms with van der Waals surface area (Å²) in [6.45, 7) is 8.56. The van der Waals surface area contributed by atoms with Crippen molar-refractivity contribution in [3.8, 4) is 0 Å². The molecule has 0 aromatic carbocycles. The van der Waals surface area contributed by atoms with E-state index in [9.17, 15) is 0 Å². The summed E-state index contributed by atoms with van der Waals surface area (Å²) in [4.78, 5) is 7.95. The normalized spacial score (nSPS) is 12.8. The summed E-state index contributed by atoms with van der Waals surface area (Å²) in [5, 5.41) is 1.12. The Labute approximate surface area is 96.3 Å². The molecule has 0 spiro atoms. The Morgan fingerprint density at radius 3 is 2.40 bits per heavy atom. The van der Waals surface area contributed by atoms with Crippen molar-refractivity contribution >= 4 is 16.5 Å². The molecule has 1 rings (SSSR count). The average Bonchev–Trinajstić information content (AvgIpc) is 2.66. The molecular weight excluding hydrogens is 206 g/mol. The van der Waals surface area contributed by atoms with Gasteiger partial charge in [0.1, 0.15) is 0 Å². The van der Waals surface area contributed by atoms with Crippen molar-refractivity contribution in [3.05, 3.63) is 11.1 Å². The number of aromatic nitrogens is 1. The Hall–Kier alpha value is -0.610. The molecule has 0 aliphatic rings. The van der Waals surface area contributed by atoms with Crippen LogP contribution in [-0.2, 0) is 0 Å². The molecule has 0 amide bonds. The first-order valence-electron chi connectivity index (χ1n) is 5.65. The number of anilines is 1. The topological polar surface area (TPSA) is 42.2 Å². The van der Waals surface area contributed by atoms with Crippen molar-refractivity contribution in [1.29, 1.82) is 0 Å². The number of hydrogen-bond donors (Lipinski definition) is 1. The second-order valence-electron chi connectivity index (χ2n) is 3.82. The van der Waals surface area contributed by atoms with E-state index in [4.69, 9.17) is 5.73 Å². The van der Waals surface area contributed by atoms with Crippen molar-refractivity contribution in [2.24, 2.45) is 5.73 Å². The monoisotopic (exact) mass is 227 g/mol. The fourth-order valence-electron chi connectivity index (χ4n) is 1.48. The van der Waals surface area contributed by atoms with Crippen LogP contribution in [-0.4, -0.2) is 18.1 Å². The van der Waals surface area contributed by atoms with Crippen LogP contribution in [0.15, 0.2) is 6.20 Å². The van der Waals surface area contributed by atoms with Gasteiger partial charge in [-0.2, -0.15) is 0 Å². The SMILES string of the molecule is CCCN(CCC)c1ncc(C(C)N)s1. The zero-order valence-electron chi connectivity index (χ0n) is 9.86. The number of nitrogens with zero attached hydrogens (tertiary/aromatic N) is 2. The summed E-state index contributed by atoms with van der Waals surface area (Å²) in [5.74, 6) is 0. The highest BCUT2D eigenvalue weighted by molar-refractivity contribution is 7.15. The highest BCUT2D eigenvalue weighted by Gasteiger charge is 2.11. The van der Waals surface area contributed by atoms with E-state index in [0.717, 1.165) is 31.1 Å². The van der Waals surface area contributed by atoms with Crippen LogP contribution in [0.25, 0.3) is 0 Å². The minimum atomic E-state index is 0.0985. The lowest BCUT2D eigenvalue weighted by Crippen LogP contribution is -2.24. The van der Waals surface area contributed by atoms with Crippen molar-refractivity contribution in [3.63, 3.8) is 0 Å². The van der Waals surface area contributed by atoms with Gasteiger partial charge in [0.25, 0.3) is 0 Å². The van der Waals surface area contributed by atoms with Gasteiger partial charge in [-0.3, -0.25) is 0 Å². The Kier molecular flexibility index (Phi) is 5.05. The van der Waals surface area contributed by atoms with Crippen LogP contribution >= 0.6 is 11.3 Å². The number of nitrogens with two attached hydrogens (primary N) is 1. The number of thiazole rings is 1. The Bertz CT molecular complexity index is 277. The maximum Gasteiger partial charge on any atom is 0.185 e. The summed E-state index contributed by atoms with van der Waals surface area (Å²) in [6.07, 6.45) is 4.23. The molecule has 0 saturated heterocycles. The first-order chi connectivity index (χ1) is 7.19. The summed E-state index contributed by atoms with van der Waals surface area (Å²) >= 11 is 1.72. The molecule has 15 heavy (non-hydrogen) atoms. The Morgan fingerprint density at radius 2 is 2.00 bits per heavy atom. The summed E-state index contributed by atoms with van der Waals surface area (Å²) in [6, 6.07) is 0.0985. The fraction of sp³-hybridized carbons (Fsp3) is 0.727. The highest BCUT2D eigenvalue weighted by Crippen LogP contribution is 2.26. The predicted molar refractivity (Wildman–Crippen MR) is 67.5 cm³/mol. The van der Waals surface area contributed by atoms with Gasteiger partial charge < -0.3 is 10.6 Å². The van der Waals surface area contributed by atoms with E-state index in [2.05, 4.69) is 23.7 Å². The fourth-order valence-corrected chi connectivity index (χ4v) is 2.40. The van der Waals surface area contributed by atoms with Crippen LogP contribution in [0, 0.1) is 0 Å². The molecule has 0 aliphatic heterocycles. The molecule has 0 radical (unpaired) electrons. The zero-order chi connectivity index (χ0) is 11.3. The van der Waals surface area contributed by atoms with Gasteiger partial charge in [-0.05, 0) is 19.8 Å². The molecule has 1 atom stereocenters. The van der Waals surface area contributed by atoms with Crippen molar-refractivity contribution in [2.45, 2.75) is 39.7 Å². The van der Waals surface area contributed by atoms with Crippen LogP contribution < -0.4 is 10.6 Å². The van der Waals surface area contributed by atoms with Crippen molar-refractivity contribution in [1.82, 2.24) is 4.98 Å².